The van der Waals surface area contributed by atoms with Crippen molar-refractivity contribution >= 4 is 6.03 Å². The summed E-state index contributed by atoms with van der Waals surface area (Å²) in [5.74, 6) is -0.569. The normalized spacial score (nSPS) is 25.6. The van der Waals surface area contributed by atoms with Gasteiger partial charge in [0.2, 0.25) is 0 Å². The SMILES string of the molecule is CN(C(=O)NCc1ccc(C#N)c(F)c1)C1CCN2CCOC1C2. The lowest BCUT2D eigenvalue weighted by Gasteiger charge is -2.45. The Hall–Kier alpha value is -2.17. The third kappa shape index (κ3) is 3.50. The monoisotopic (exact) mass is 332 g/mol. The van der Waals surface area contributed by atoms with Gasteiger partial charge in [-0.25, -0.2) is 9.18 Å². The number of hydrogen-bond donors (Lipinski definition) is 1. The third-order valence-electron chi connectivity index (χ3n) is 4.76. The zero-order valence-corrected chi connectivity index (χ0v) is 13.7. The van der Waals surface area contributed by atoms with Gasteiger partial charge in [0.05, 0.1) is 24.3 Å². The largest absolute Gasteiger partial charge is 0.373 e. The molecular formula is C17H21FN4O2. The summed E-state index contributed by atoms with van der Waals surface area (Å²) < 4.78 is 19.4. The van der Waals surface area contributed by atoms with Gasteiger partial charge in [0, 0.05) is 33.2 Å². The van der Waals surface area contributed by atoms with Crippen LogP contribution in [0.5, 0.6) is 0 Å². The molecule has 2 bridgehead atoms. The van der Waals surface area contributed by atoms with Crippen molar-refractivity contribution in [3.05, 3.63) is 35.1 Å². The number of nitrogens with zero attached hydrogens (tertiary/aromatic N) is 3. The number of halogens is 1. The van der Waals surface area contributed by atoms with Crippen molar-refractivity contribution in [2.24, 2.45) is 0 Å². The quantitative estimate of drug-likeness (QED) is 0.906. The van der Waals surface area contributed by atoms with E-state index in [-0.39, 0.29) is 30.3 Å². The second-order valence-electron chi connectivity index (χ2n) is 6.26. The van der Waals surface area contributed by atoms with E-state index in [0.717, 1.165) is 26.1 Å². The maximum Gasteiger partial charge on any atom is 0.317 e. The predicted octanol–water partition coefficient (Wildman–Crippen LogP) is 1.31. The summed E-state index contributed by atoms with van der Waals surface area (Å²) in [5.41, 5.74) is 0.625. The fraction of sp³-hybridized carbons (Fsp3) is 0.529. The summed E-state index contributed by atoms with van der Waals surface area (Å²) in [4.78, 5) is 16.4. The molecule has 1 aromatic rings. The number of carbonyl (C=O) groups is 1. The highest BCUT2D eigenvalue weighted by atomic mass is 19.1. The average molecular weight is 332 g/mol. The van der Waals surface area contributed by atoms with Crippen LogP contribution in [0.3, 0.4) is 0 Å². The summed E-state index contributed by atoms with van der Waals surface area (Å²) in [5, 5.41) is 11.5. The number of amides is 2. The van der Waals surface area contributed by atoms with Gasteiger partial charge in [0.15, 0.2) is 0 Å². The number of nitrogens with one attached hydrogen (secondary N) is 1. The summed E-state index contributed by atoms with van der Waals surface area (Å²) in [6, 6.07) is 5.98. The first-order valence-electron chi connectivity index (χ1n) is 8.11. The zero-order chi connectivity index (χ0) is 17.1. The maximum atomic E-state index is 13.6. The van der Waals surface area contributed by atoms with E-state index in [1.165, 1.54) is 12.1 Å². The molecule has 0 radical (unpaired) electrons. The van der Waals surface area contributed by atoms with Gasteiger partial charge >= 0.3 is 6.03 Å². The molecule has 0 aliphatic carbocycles. The van der Waals surface area contributed by atoms with Crippen LogP contribution in [0.25, 0.3) is 0 Å². The van der Waals surface area contributed by atoms with Gasteiger partial charge in [-0.05, 0) is 24.1 Å². The number of urea groups is 1. The Kier molecular flexibility index (Phi) is 4.97. The standard InChI is InChI=1S/C17H21FN4O2/c1-21(15-4-5-22-6-7-24-16(15)11-22)17(23)20-10-12-2-3-13(9-19)14(18)8-12/h2-3,8,15-16H,4-7,10-11H2,1H3,(H,20,23). The Balaban J connectivity index is 1.56. The summed E-state index contributed by atoms with van der Waals surface area (Å²) in [6.07, 6.45) is 0.940. The molecule has 1 N–H and O–H groups in total. The molecule has 2 saturated heterocycles. The first-order valence-corrected chi connectivity index (χ1v) is 8.11. The van der Waals surface area contributed by atoms with Crippen LogP contribution in [0.2, 0.25) is 0 Å². The van der Waals surface area contributed by atoms with E-state index < -0.39 is 5.82 Å². The van der Waals surface area contributed by atoms with Crippen LogP contribution in [0.4, 0.5) is 9.18 Å². The number of fused-ring (bicyclic) bond motifs is 2. The van der Waals surface area contributed by atoms with Gasteiger partial charge in [-0.3, -0.25) is 4.90 Å². The first kappa shape index (κ1) is 16.7. The van der Waals surface area contributed by atoms with Gasteiger partial charge < -0.3 is 15.0 Å². The van der Waals surface area contributed by atoms with Crippen molar-refractivity contribution < 1.29 is 13.9 Å². The number of nitriles is 1. The molecule has 128 valence electrons. The fourth-order valence-electron chi connectivity index (χ4n) is 3.32. The van der Waals surface area contributed by atoms with E-state index in [2.05, 4.69) is 10.2 Å². The van der Waals surface area contributed by atoms with Crippen LogP contribution in [-0.4, -0.2) is 61.3 Å². The van der Waals surface area contributed by atoms with Gasteiger partial charge in [0.1, 0.15) is 11.9 Å². The zero-order valence-electron chi connectivity index (χ0n) is 13.7. The number of benzene rings is 1. The third-order valence-corrected chi connectivity index (χ3v) is 4.76. The lowest BCUT2D eigenvalue weighted by atomic mass is 9.99. The average Bonchev–Trinajstić information content (AvgIpc) is 2.59. The number of carbonyl (C=O) groups excluding carboxylic acids is 1. The lowest BCUT2D eigenvalue weighted by Crippen LogP contribution is -2.60. The molecule has 2 fully saturated rings. The molecular weight excluding hydrogens is 311 g/mol. The molecule has 2 heterocycles. The van der Waals surface area contributed by atoms with Crippen LogP contribution < -0.4 is 5.32 Å². The minimum absolute atomic E-state index is 0.00315. The number of likely N-dealkylation sites (N-methyl/N-ethyl adjacent to an activating group) is 1. The second-order valence-corrected chi connectivity index (χ2v) is 6.26. The molecule has 1 aromatic carbocycles. The molecule has 24 heavy (non-hydrogen) atoms. The van der Waals surface area contributed by atoms with E-state index in [9.17, 15) is 9.18 Å². The van der Waals surface area contributed by atoms with E-state index >= 15 is 0 Å². The van der Waals surface area contributed by atoms with E-state index in [0.29, 0.717) is 12.2 Å². The maximum absolute atomic E-state index is 13.6. The molecule has 2 aliphatic heterocycles. The van der Waals surface area contributed by atoms with Crippen molar-refractivity contribution in [3.8, 4) is 6.07 Å². The lowest BCUT2D eigenvalue weighted by molar-refractivity contribution is -0.0885. The molecule has 2 amide bonds. The topological polar surface area (TPSA) is 68.6 Å². The highest BCUT2D eigenvalue weighted by Crippen LogP contribution is 2.22. The van der Waals surface area contributed by atoms with Crippen molar-refractivity contribution in [2.45, 2.75) is 25.1 Å². The van der Waals surface area contributed by atoms with E-state index in [1.54, 1.807) is 24.1 Å². The number of rotatable bonds is 3. The van der Waals surface area contributed by atoms with Crippen LogP contribution in [-0.2, 0) is 11.3 Å². The second kappa shape index (κ2) is 7.16. The van der Waals surface area contributed by atoms with Gasteiger partial charge in [-0.2, -0.15) is 5.26 Å². The minimum Gasteiger partial charge on any atom is -0.373 e. The molecule has 3 atom stereocenters. The van der Waals surface area contributed by atoms with Crippen LogP contribution in [0, 0.1) is 17.1 Å². The predicted molar refractivity (Wildman–Crippen MR) is 85.7 cm³/mol. The van der Waals surface area contributed by atoms with Crippen molar-refractivity contribution in [1.82, 2.24) is 15.1 Å². The van der Waals surface area contributed by atoms with Crippen molar-refractivity contribution in [3.63, 3.8) is 0 Å². The number of piperidine rings is 1. The van der Waals surface area contributed by atoms with E-state index in [1.807, 2.05) is 0 Å². The number of ether oxygens (including phenoxy) is 1. The van der Waals surface area contributed by atoms with Crippen LogP contribution in [0.15, 0.2) is 18.2 Å². The molecule has 2 aliphatic rings. The Morgan fingerprint density at radius 2 is 2.38 bits per heavy atom. The van der Waals surface area contributed by atoms with Gasteiger partial charge in [-0.15, -0.1) is 0 Å². The highest BCUT2D eigenvalue weighted by molar-refractivity contribution is 5.74. The summed E-state index contributed by atoms with van der Waals surface area (Å²) in [6.45, 7) is 3.73. The Morgan fingerprint density at radius 3 is 3.12 bits per heavy atom. The van der Waals surface area contributed by atoms with Crippen molar-refractivity contribution in [1.29, 1.82) is 5.26 Å². The molecule has 6 nitrogen and oxygen atoms in total. The summed E-state index contributed by atoms with van der Waals surface area (Å²) in [7, 11) is 1.77. The molecule has 0 spiro atoms. The van der Waals surface area contributed by atoms with E-state index in [4.69, 9.17) is 10.00 Å². The molecule has 0 aromatic heterocycles. The molecule has 3 rings (SSSR count). The Bertz CT molecular complexity index is 660. The Labute approximate surface area is 140 Å². The molecule has 0 saturated carbocycles. The summed E-state index contributed by atoms with van der Waals surface area (Å²) >= 11 is 0. The van der Waals surface area contributed by atoms with Crippen LogP contribution in [0.1, 0.15) is 17.5 Å². The number of morpholine rings is 1. The first-order chi connectivity index (χ1) is 11.6. The van der Waals surface area contributed by atoms with Gasteiger partial charge in [-0.1, -0.05) is 6.07 Å². The Morgan fingerprint density at radius 1 is 1.54 bits per heavy atom. The highest BCUT2D eigenvalue weighted by Gasteiger charge is 2.36. The number of hydrogen-bond acceptors (Lipinski definition) is 4. The molecule has 3 unspecified atom stereocenters. The van der Waals surface area contributed by atoms with Crippen LogP contribution >= 0.6 is 0 Å². The van der Waals surface area contributed by atoms with Crippen molar-refractivity contribution in [2.75, 3.05) is 33.3 Å². The smallest absolute Gasteiger partial charge is 0.317 e. The van der Waals surface area contributed by atoms with Gasteiger partial charge in [0.25, 0.3) is 0 Å². The minimum atomic E-state index is -0.569. The molecule has 7 heteroatoms. The fourth-order valence-corrected chi connectivity index (χ4v) is 3.32.